The van der Waals surface area contributed by atoms with Crippen LogP contribution in [0.25, 0.3) is 11.0 Å². The van der Waals surface area contributed by atoms with E-state index >= 15 is 0 Å². The third-order valence-electron chi connectivity index (χ3n) is 5.57. The predicted octanol–water partition coefficient (Wildman–Crippen LogP) is 3.15. The van der Waals surface area contributed by atoms with Crippen molar-refractivity contribution in [1.29, 1.82) is 0 Å². The Morgan fingerprint density at radius 1 is 0.867 bits per heavy atom. The zero-order valence-electron chi connectivity index (χ0n) is 16.0. The number of amides is 2. The number of ether oxygens (including phenoxy) is 1. The summed E-state index contributed by atoms with van der Waals surface area (Å²) < 4.78 is 10.8. The van der Waals surface area contributed by atoms with Crippen molar-refractivity contribution >= 4 is 34.4 Å². The van der Waals surface area contributed by atoms with Gasteiger partial charge in [-0.1, -0.05) is 0 Å². The third-order valence-corrected chi connectivity index (χ3v) is 5.57. The van der Waals surface area contributed by atoms with Gasteiger partial charge in [0.25, 0.3) is 0 Å². The van der Waals surface area contributed by atoms with E-state index in [0.717, 1.165) is 40.7 Å². The van der Waals surface area contributed by atoms with Crippen molar-refractivity contribution in [1.82, 2.24) is 0 Å². The van der Waals surface area contributed by atoms with Crippen molar-refractivity contribution in [2.75, 3.05) is 4.90 Å². The molecule has 7 heteroatoms. The summed E-state index contributed by atoms with van der Waals surface area (Å²) in [5.74, 6) is -0.829. The van der Waals surface area contributed by atoms with Gasteiger partial charge in [-0.15, -0.1) is 0 Å². The molecule has 0 bridgehead atoms. The van der Waals surface area contributed by atoms with Crippen LogP contribution in [0, 0.1) is 0 Å². The summed E-state index contributed by atoms with van der Waals surface area (Å²) >= 11 is 0. The van der Waals surface area contributed by atoms with Crippen molar-refractivity contribution in [3.8, 4) is 5.75 Å². The average molecular weight is 403 g/mol. The Labute approximate surface area is 170 Å². The van der Waals surface area contributed by atoms with Crippen LogP contribution in [0.1, 0.15) is 40.7 Å². The van der Waals surface area contributed by atoms with Gasteiger partial charge in [-0.25, -0.2) is 9.59 Å². The Bertz CT molecular complexity index is 1260. The molecule has 1 aromatic heterocycles. The highest BCUT2D eigenvalue weighted by Gasteiger charge is 2.30. The summed E-state index contributed by atoms with van der Waals surface area (Å²) in [6, 6.07) is 11.1. The van der Waals surface area contributed by atoms with Gasteiger partial charge in [-0.2, -0.15) is 0 Å². The molecule has 1 fully saturated rings. The summed E-state index contributed by atoms with van der Waals surface area (Å²) in [4.78, 5) is 49.4. The van der Waals surface area contributed by atoms with Crippen LogP contribution in [0.5, 0.6) is 5.75 Å². The number of benzene rings is 2. The van der Waals surface area contributed by atoms with Gasteiger partial charge in [0.15, 0.2) is 0 Å². The minimum atomic E-state index is -0.594. The Hall–Kier alpha value is -3.74. The van der Waals surface area contributed by atoms with Crippen molar-refractivity contribution in [3.63, 3.8) is 0 Å². The lowest BCUT2D eigenvalue weighted by atomic mass is 10.1. The molecule has 0 radical (unpaired) electrons. The summed E-state index contributed by atoms with van der Waals surface area (Å²) in [7, 11) is 0. The normalized spacial score (nSPS) is 15.7. The van der Waals surface area contributed by atoms with Crippen LogP contribution in [-0.2, 0) is 22.4 Å². The fraction of sp³-hybridized carbons (Fsp3) is 0.217. The molecule has 0 N–H and O–H groups in total. The number of nitrogens with zero attached hydrogens (tertiary/aromatic N) is 1. The maximum atomic E-state index is 12.5. The highest BCUT2D eigenvalue weighted by molar-refractivity contribution is 6.19. The summed E-state index contributed by atoms with van der Waals surface area (Å²) in [6.07, 6.45) is 2.90. The number of imide groups is 1. The van der Waals surface area contributed by atoms with E-state index in [1.807, 2.05) is 0 Å². The molecule has 3 aromatic rings. The zero-order valence-corrected chi connectivity index (χ0v) is 16.0. The number of hydrogen-bond acceptors (Lipinski definition) is 6. The number of esters is 1. The molecular weight excluding hydrogens is 386 g/mol. The van der Waals surface area contributed by atoms with Gasteiger partial charge in [-0.05, 0) is 61.2 Å². The largest absolute Gasteiger partial charge is 0.423 e. The van der Waals surface area contributed by atoms with Crippen LogP contribution in [-0.4, -0.2) is 17.8 Å². The van der Waals surface area contributed by atoms with Gasteiger partial charge in [0.2, 0.25) is 11.8 Å². The fourth-order valence-corrected chi connectivity index (χ4v) is 4.10. The molecule has 0 unspecified atom stereocenters. The molecule has 2 aliphatic rings. The van der Waals surface area contributed by atoms with Gasteiger partial charge in [-0.3, -0.25) is 14.5 Å². The van der Waals surface area contributed by atoms with Gasteiger partial charge < -0.3 is 9.15 Å². The van der Waals surface area contributed by atoms with E-state index in [1.54, 1.807) is 30.3 Å². The Kier molecular flexibility index (Phi) is 4.24. The van der Waals surface area contributed by atoms with Crippen LogP contribution < -0.4 is 15.3 Å². The summed E-state index contributed by atoms with van der Waals surface area (Å²) in [5, 5.41) is 0.867. The third kappa shape index (κ3) is 2.99. The fourth-order valence-electron chi connectivity index (χ4n) is 4.10. The monoisotopic (exact) mass is 403 g/mol. The molecule has 0 spiro atoms. The first-order chi connectivity index (χ1) is 14.5. The predicted molar refractivity (Wildman–Crippen MR) is 108 cm³/mol. The molecule has 0 saturated carbocycles. The van der Waals surface area contributed by atoms with Crippen LogP contribution >= 0.6 is 0 Å². The number of hydrogen-bond donors (Lipinski definition) is 0. The average Bonchev–Trinajstić information content (AvgIpc) is 3.35. The quantitative estimate of drug-likeness (QED) is 0.289. The second-order valence-corrected chi connectivity index (χ2v) is 7.42. The number of aryl methyl sites for hydroxylation is 1. The van der Waals surface area contributed by atoms with E-state index in [0.29, 0.717) is 11.3 Å². The number of anilines is 1. The summed E-state index contributed by atoms with van der Waals surface area (Å²) in [5.41, 5.74) is 2.52. The van der Waals surface area contributed by atoms with E-state index in [4.69, 9.17) is 9.15 Å². The van der Waals surface area contributed by atoms with Crippen molar-refractivity contribution in [2.45, 2.75) is 32.1 Å². The first-order valence-electron chi connectivity index (χ1n) is 9.78. The minimum Gasteiger partial charge on any atom is -0.423 e. The van der Waals surface area contributed by atoms with E-state index in [2.05, 4.69) is 0 Å². The first kappa shape index (κ1) is 18.3. The van der Waals surface area contributed by atoms with E-state index in [-0.39, 0.29) is 41.6 Å². The van der Waals surface area contributed by atoms with Crippen molar-refractivity contribution in [3.05, 3.63) is 69.6 Å². The van der Waals surface area contributed by atoms with Gasteiger partial charge in [0, 0.05) is 29.9 Å². The van der Waals surface area contributed by atoms with Crippen molar-refractivity contribution < 1.29 is 23.5 Å². The molecular formula is C23H17NO6. The molecule has 2 aromatic carbocycles. The van der Waals surface area contributed by atoms with E-state index in [9.17, 15) is 19.2 Å². The Morgan fingerprint density at radius 2 is 1.57 bits per heavy atom. The zero-order chi connectivity index (χ0) is 20.8. The van der Waals surface area contributed by atoms with Crippen LogP contribution in [0.3, 0.4) is 0 Å². The maximum Gasteiger partial charge on any atom is 0.343 e. The number of carbonyl (C=O) groups is 3. The van der Waals surface area contributed by atoms with E-state index in [1.165, 1.54) is 12.1 Å². The second kappa shape index (κ2) is 6.95. The number of fused-ring (bicyclic) bond motifs is 3. The molecule has 5 rings (SSSR count). The SMILES string of the molecule is O=C(Oc1ccc2c3c(c(=O)oc2c1)CCC3)c1ccc(N2C(=O)CCC2=O)cc1. The highest BCUT2D eigenvalue weighted by Crippen LogP contribution is 2.30. The minimum absolute atomic E-state index is 0.198. The van der Waals surface area contributed by atoms with Crippen LogP contribution in [0.15, 0.2) is 51.7 Å². The molecule has 1 aliphatic heterocycles. The molecule has 30 heavy (non-hydrogen) atoms. The molecule has 1 saturated heterocycles. The molecule has 1 aliphatic carbocycles. The topological polar surface area (TPSA) is 93.9 Å². The maximum absolute atomic E-state index is 12.5. The molecule has 7 nitrogen and oxygen atoms in total. The molecule has 0 atom stereocenters. The van der Waals surface area contributed by atoms with Gasteiger partial charge >= 0.3 is 11.6 Å². The number of rotatable bonds is 3. The second-order valence-electron chi connectivity index (χ2n) is 7.42. The van der Waals surface area contributed by atoms with Gasteiger partial charge in [0.05, 0.1) is 11.3 Å². The molecule has 150 valence electrons. The Morgan fingerprint density at radius 3 is 2.30 bits per heavy atom. The molecule has 2 amide bonds. The lowest BCUT2D eigenvalue weighted by molar-refractivity contribution is -0.121. The van der Waals surface area contributed by atoms with E-state index < -0.39 is 5.97 Å². The van der Waals surface area contributed by atoms with Crippen LogP contribution in [0.4, 0.5) is 5.69 Å². The lowest BCUT2D eigenvalue weighted by Gasteiger charge is -2.14. The lowest BCUT2D eigenvalue weighted by Crippen LogP contribution is -2.28. The first-order valence-corrected chi connectivity index (χ1v) is 9.78. The summed E-state index contributed by atoms with van der Waals surface area (Å²) in [6.45, 7) is 0. The standard InChI is InChI=1S/C23H17NO6/c25-20-10-11-21(26)24(20)14-6-4-13(5-7-14)22(27)29-15-8-9-17-16-2-1-3-18(16)23(28)30-19(17)12-15/h4-9,12H,1-3,10-11H2. The van der Waals surface area contributed by atoms with Crippen LogP contribution in [0.2, 0.25) is 0 Å². The number of carbonyl (C=O) groups excluding carboxylic acids is 3. The van der Waals surface area contributed by atoms with Gasteiger partial charge in [0.1, 0.15) is 11.3 Å². The smallest absolute Gasteiger partial charge is 0.343 e. The highest BCUT2D eigenvalue weighted by atomic mass is 16.5. The van der Waals surface area contributed by atoms with Crippen molar-refractivity contribution in [2.24, 2.45) is 0 Å². The Balaban J connectivity index is 1.38. The molecule has 2 heterocycles.